The first-order valence-corrected chi connectivity index (χ1v) is 6.72. The van der Waals surface area contributed by atoms with Crippen LogP contribution in [0.3, 0.4) is 0 Å². The van der Waals surface area contributed by atoms with E-state index in [1.807, 2.05) is 30.3 Å². The van der Waals surface area contributed by atoms with Gasteiger partial charge in [-0.1, -0.05) is 17.7 Å². The minimum Gasteiger partial charge on any atom is -0.457 e. The van der Waals surface area contributed by atoms with E-state index in [9.17, 15) is 0 Å². The molecule has 3 nitrogen and oxygen atoms in total. The second kappa shape index (κ2) is 7.34. The van der Waals surface area contributed by atoms with Crippen LogP contribution in [0.5, 0.6) is 0 Å². The number of halogens is 1. The van der Waals surface area contributed by atoms with Gasteiger partial charge in [-0.25, -0.2) is 0 Å². The van der Waals surface area contributed by atoms with Crippen LogP contribution in [-0.4, -0.2) is 26.8 Å². The summed E-state index contributed by atoms with van der Waals surface area (Å²) in [5.41, 5.74) is 0.863. The first kappa shape index (κ1) is 14.1. The molecule has 0 saturated heterocycles. The number of fused-ring (bicyclic) bond motifs is 1. The van der Waals surface area contributed by atoms with Crippen LogP contribution in [0.2, 0.25) is 5.02 Å². The van der Waals surface area contributed by atoms with E-state index in [1.54, 1.807) is 7.11 Å². The van der Waals surface area contributed by atoms with Gasteiger partial charge in [-0.05, 0) is 43.3 Å². The minimum absolute atomic E-state index is 0.728. The molecule has 0 spiro atoms. The summed E-state index contributed by atoms with van der Waals surface area (Å²) in [6.07, 6.45) is 5.05. The highest BCUT2D eigenvalue weighted by molar-refractivity contribution is 6.31. The molecule has 0 fully saturated rings. The van der Waals surface area contributed by atoms with Crippen molar-refractivity contribution in [1.82, 2.24) is 5.32 Å². The first-order chi connectivity index (χ1) is 9.29. The Hall–Kier alpha value is -1.29. The summed E-state index contributed by atoms with van der Waals surface area (Å²) in [6, 6.07) is 7.63. The Bertz CT molecular complexity index is 548. The molecule has 19 heavy (non-hydrogen) atoms. The van der Waals surface area contributed by atoms with Crippen LogP contribution >= 0.6 is 11.6 Å². The first-order valence-electron chi connectivity index (χ1n) is 6.35. The van der Waals surface area contributed by atoms with Gasteiger partial charge < -0.3 is 14.5 Å². The summed E-state index contributed by atoms with van der Waals surface area (Å²) in [6.45, 7) is 2.56. The van der Waals surface area contributed by atoms with Gasteiger partial charge in [0.2, 0.25) is 0 Å². The van der Waals surface area contributed by atoms with E-state index in [0.717, 1.165) is 47.9 Å². The lowest BCUT2D eigenvalue weighted by molar-refractivity contribution is 0.199. The second-order valence-corrected chi connectivity index (χ2v) is 4.70. The van der Waals surface area contributed by atoms with Crippen molar-refractivity contribution < 1.29 is 9.15 Å². The lowest BCUT2D eigenvalue weighted by Gasteiger charge is -2.00. The van der Waals surface area contributed by atoms with E-state index >= 15 is 0 Å². The molecule has 0 aliphatic heterocycles. The largest absolute Gasteiger partial charge is 0.457 e. The molecule has 0 aliphatic carbocycles. The third-order valence-electron chi connectivity index (χ3n) is 2.75. The van der Waals surface area contributed by atoms with Crippen molar-refractivity contribution in [3.63, 3.8) is 0 Å². The highest BCUT2D eigenvalue weighted by Crippen LogP contribution is 2.23. The summed E-state index contributed by atoms with van der Waals surface area (Å²) >= 11 is 5.94. The number of ether oxygens (including phenoxy) is 1. The number of hydrogen-bond donors (Lipinski definition) is 1. The van der Waals surface area contributed by atoms with E-state index in [1.165, 1.54) is 0 Å². The van der Waals surface area contributed by atoms with Crippen LogP contribution in [0.4, 0.5) is 0 Å². The monoisotopic (exact) mass is 279 g/mol. The summed E-state index contributed by atoms with van der Waals surface area (Å²) in [4.78, 5) is 0. The highest BCUT2D eigenvalue weighted by Gasteiger charge is 2.01. The molecule has 0 aliphatic rings. The molecule has 2 rings (SSSR count). The molecule has 0 saturated carbocycles. The standard InChI is InChI=1S/C15H18ClNO2/c1-18-9-8-17-7-3-2-4-14-11-12-10-13(16)5-6-15(12)19-14/h2,4-6,10-11,17H,3,7-9H2,1H3/b4-2+. The summed E-state index contributed by atoms with van der Waals surface area (Å²) in [5.74, 6) is 0.856. The van der Waals surface area contributed by atoms with Crippen LogP contribution in [0.1, 0.15) is 12.2 Å². The van der Waals surface area contributed by atoms with Gasteiger partial charge in [-0.15, -0.1) is 0 Å². The molecular formula is C15H18ClNO2. The zero-order chi connectivity index (χ0) is 13.5. The maximum atomic E-state index is 5.94. The predicted octanol–water partition coefficient (Wildman–Crippen LogP) is 3.73. The Labute approximate surface area is 118 Å². The SMILES string of the molecule is COCCNCC/C=C/c1cc2cc(Cl)ccc2o1. The molecule has 4 heteroatoms. The molecule has 2 aromatic rings. The summed E-state index contributed by atoms with van der Waals surface area (Å²) < 4.78 is 10.6. The number of methoxy groups -OCH3 is 1. The fraction of sp³-hybridized carbons (Fsp3) is 0.333. The fourth-order valence-electron chi connectivity index (χ4n) is 1.80. The van der Waals surface area contributed by atoms with Gasteiger partial charge in [-0.2, -0.15) is 0 Å². The minimum atomic E-state index is 0.728. The van der Waals surface area contributed by atoms with Crippen molar-refractivity contribution in [1.29, 1.82) is 0 Å². The Morgan fingerprint density at radius 1 is 1.32 bits per heavy atom. The van der Waals surface area contributed by atoms with Gasteiger partial charge >= 0.3 is 0 Å². The number of furan rings is 1. The van der Waals surface area contributed by atoms with E-state index < -0.39 is 0 Å². The molecule has 1 N–H and O–H groups in total. The zero-order valence-corrected chi connectivity index (χ0v) is 11.7. The molecule has 102 valence electrons. The van der Waals surface area contributed by atoms with E-state index in [0.29, 0.717) is 0 Å². The summed E-state index contributed by atoms with van der Waals surface area (Å²) in [5, 5.41) is 5.04. The van der Waals surface area contributed by atoms with Gasteiger partial charge in [0.25, 0.3) is 0 Å². The highest BCUT2D eigenvalue weighted by atomic mass is 35.5. The van der Waals surface area contributed by atoms with Gasteiger partial charge in [0, 0.05) is 24.1 Å². The number of rotatable bonds is 7. The van der Waals surface area contributed by atoms with Gasteiger partial charge in [0.05, 0.1) is 6.61 Å². The molecule has 0 unspecified atom stereocenters. The lowest BCUT2D eigenvalue weighted by Crippen LogP contribution is -2.19. The average Bonchev–Trinajstić information content (AvgIpc) is 2.79. The third kappa shape index (κ3) is 4.39. The van der Waals surface area contributed by atoms with Crippen molar-refractivity contribution >= 4 is 28.6 Å². The molecule has 0 bridgehead atoms. The van der Waals surface area contributed by atoms with Crippen molar-refractivity contribution in [2.45, 2.75) is 6.42 Å². The molecule has 0 atom stereocenters. The van der Waals surface area contributed by atoms with Gasteiger partial charge in [0.1, 0.15) is 11.3 Å². The van der Waals surface area contributed by atoms with E-state index in [-0.39, 0.29) is 0 Å². The molecule has 1 heterocycles. The molecule has 1 aromatic heterocycles. The van der Waals surface area contributed by atoms with Crippen molar-refractivity contribution in [3.05, 3.63) is 41.1 Å². The van der Waals surface area contributed by atoms with Gasteiger partial charge in [0.15, 0.2) is 0 Å². The van der Waals surface area contributed by atoms with E-state index in [4.69, 9.17) is 20.8 Å². The van der Waals surface area contributed by atoms with Crippen molar-refractivity contribution in [2.24, 2.45) is 0 Å². The van der Waals surface area contributed by atoms with E-state index in [2.05, 4.69) is 11.4 Å². The smallest absolute Gasteiger partial charge is 0.134 e. The van der Waals surface area contributed by atoms with Crippen molar-refractivity contribution in [2.75, 3.05) is 26.8 Å². The maximum absolute atomic E-state index is 5.94. The number of hydrogen-bond acceptors (Lipinski definition) is 3. The molecule has 0 amide bonds. The fourth-order valence-corrected chi connectivity index (χ4v) is 1.98. The second-order valence-electron chi connectivity index (χ2n) is 4.26. The van der Waals surface area contributed by atoms with Crippen LogP contribution in [0, 0.1) is 0 Å². The average molecular weight is 280 g/mol. The Morgan fingerprint density at radius 3 is 3.05 bits per heavy atom. The lowest BCUT2D eigenvalue weighted by atomic mass is 10.2. The third-order valence-corrected chi connectivity index (χ3v) is 2.99. The van der Waals surface area contributed by atoms with Gasteiger partial charge in [-0.3, -0.25) is 0 Å². The normalized spacial score (nSPS) is 11.7. The molecular weight excluding hydrogens is 262 g/mol. The quantitative estimate of drug-likeness (QED) is 0.784. The summed E-state index contributed by atoms with van der Waals surface area (Å²) in [7, 11) is 1.70. The number of benzene rings is 1. The predicted molar refractivity (Wildman–Crippen MR) is 79.6 cm³/mol. The van der Waals surface area contributed by atoms with Crippen LogP contribution in [0.15, 0.2) is 34.8 Å². The zero-order valence-electron chi connectivity index (χ0n) is 11.0. The topological polar surface area (TPSA) is 34.4 Å². The molecule has 1 aromatic carbocycles. The van der Waals surface area contributed by atoms with Crippen LogP contribution in [0.25, 0.3) is 17.0 Å². The Balaban J connectivity index is 1.83. The Morgan fingerprint density at radius 2 is 2.21 bits per heavy atom. The Kier molecular flexibility index (Phi) is 5.45. The number of nitrogens with one attached hydrogen (secondary N) is 1. The van der Waals surface area contributed by atoms with Crippen molar-refractivity contribution in [3.8, 4) is 0 Å². The maximum Gasteiger partial charge on any atom is 0.134 e. The van der Waals surface area contributed by atoms with Crippen LogP contribution in [-0.2, 0) is 4.74 Å². The molecule has 0 radical (unpaired) electrons. The van der Waals surface area contributed by atoms with Crippen LogP contribution < -0.4 is 5.32 Å².